The van der Waals surface area contributed by atoms with E-state index in [1.54, 1.807) is 0 Å². The van der Waals surface area contributed by atoms with Crippen molar-refractivity contribution in [2.24, 2.45) is 0 Å². The van der Waals surface area contributed by atoms with Crippen LogP contribution in [0.4, 0.5) is 18.9 Å². The van der Waals surface area contributed by atoms with Gasteiger partial charge in [-0.05, 0) is 23.8 Å². The third-order valence-corrected chi connectivity index (χ3v) is 4.42. The Bertz CT molecular complexity index is 840. The number of hydrogen-bond acceptors (Lipinski definition) is 4. The number of ether oxygens (including phenoxy) is 1. The molecule has 1 amide bonds. The van der Waals surface area contributed by atoms with Crippen LogP contribution in [-0.4, -0.2) is 36.0 Å². The van der Waals surface area contributed by atoms with E-state index in [1.807, 2.05) is 35.2 Å². The Morgan fingerprint density at radius 1 is 1.14 bits per heavy atom. The van der Waals surface area contributed by atoms with Gasteiger partial charge in [0.1, 0.15) is 12.6 Å². The fourth-order valence-corrected chi connectivity index (χ4v) is 3.05. The second-order valence-corrected chi connectivity index (χ2v) is 6.47. The summed E-state index contributed by atoms with van der Waals surface area (Å²) in [6.45, 7) is 1.18. The number of rotatable bonds is 5. The quantitative estimate of drug-likeness (QED) is 0.792. The van der Waals surface area contributed by atoms with Crippen molar-refractivity contribution >= 4 is 17.6 Å². The molecule has 0 saturated carbocycles. The molecule has 0 spiro atoms. The van der Waals surface area contributed by atoms with Gasteiger partial charge >= 0.3 is 12.1 Å². The average Bonchev–Trinajstić information content (AvgIpc) is 2.65. The van der Waals surface area contributed by atoms with Crippen molar-refractivity contribution in [3.63, 3.8) is 0 Å². The largest absolute Gasteiger partial charge is 0.463 e. The van der Waals surface area contributed by atoms with E-state index in [0.717, 1.165) is 17.7 Å². The summed E-state index contributed by atoms with van der Waals surface area (Å²) in [6.07, 6.45) is -4.71. The van der Waals surface area contributed by atoms with Crippen molar-refractivity contribution in [3.05, 3.63) is 65.7 Å². The van der Waals surface area contributed by atoms with Crippen LogP contribution in [0.3, 0.4) is 0 Å². The molecule has 8 heteroatoms. The molecule has 5 nitrogen and oxygen atoms in total. The molecule has 0 radical (unpaired) electrons. The van der Waals surface area contributed by atoms with Gasteiger partial charge < -0.3 is 10.1 Å². The summed E-state index contributed by atoms with van der Waals surface area (Å²) in [5.74, 6) is -1.07. The number of hydrogen-bond donors (Lipinski definition) is 1. The highest BCUT2D eigenvalue weighted by Crippen LogP contribution is 2.30. The summed E-state index contributed by atoms with van der Waals surface area (Å²) in [5.41, 5.74) is 0.159. The molecule has 0 unspecified atom stereocenters. The standard InChI is InChI=1S/C20H19F3N2O3/c21-20(22,23)15-7-4-8-16(11-15)24-18(26)12-17-19(27)28-10-9-25(17)13-14-5-2-1-3-6-14/h1-8,11,17H,9-10,12-13H2,(H,24,26)/t17-/m1/s1. The molecule has 0 aromatic heterocycles. The first kappa shape index (κ1) is 19.9. The molecule has 1 aliphatic rings. The molecule has 1 aliphatic heterocycles. The maximum Gasteiger partial charge on any atom is 0.416 e. The first-order chi connectivity index (χ1) is 13.3. The lowest BCUT2D eigenvalue weighted by atomic mass is 10.1. The van der Waals surface area contributed by atoms with Gasteiger partial charge in [-0.25, -0.2) is 0 Å². The highest BCUT2D eigenvalue weighted by molar-refractivity contribution is 5.94. The molecule has 28 heavy (non-hydrogen) atoms. The topological polar surface area (TPSA) is 58.6 Å². The number of nitrogens with one attached hydrogen (secondary N) is 1. The number of carbonyl (C=O) groups excluding carboxylic acids is 2. The lowest BCUT2D eigenvalue weighted by Gasteiger charge is -2.33. The maximum absolute atomic E-state index is 12.8. The Kier molecular flexibility index (Phi) is 5.99. The van der Waals surface area contributed by atoms with E-state index < -0.39 is 29.7 Å². The van der Waals surface area contributed by atoms with Gasteiger partial charge in [-0.1, -0.05) is 36.4 Å². The van der Waals surface area contributed by atoms with E-state index in [0.29, 0.717) is 13.1 Å². The number of cyclic esters (lactones) is 1. The molecular weight excluding hydrogens is 373 g/mol. The average molecular weight is 392 g/mol. The molecule has 1 heterocycles. The molecule has 1 saturated heterocycles. The second-order valence-electron chi connectivity index (χ2n) is 6.47. The van der Waals surface area contributed by atoms with Crippen LogP contribution in [0.1, 0.15) is 17.5 Å². The predicted molar refractivity (Wildman–Crippen MR) is 96.3 cm³/mol. The van der Waals surface area contributed by atoms with Crippen molar-refractivity contribution < 1.29 is 27.5 Å². The van der Waals surface area contributed by atoms with Crippen molar-refractivity contribution in [1.82, 2.24) is 4.90 Å². The van der Waals surface area contributed by atoms with E-state index in [9.17, 15) is 22.8 Å². The van der Waals surface area contributed by atoms with Crippen LogP contribution in [0, 0.1) is 0 Å². The fourth-order valence-electron chi connectivity index (χ4n) is 3.05. The van der Waals surface area contributed by atoms with Crippen molar-refractivity contribution in [2.45, 2.75) is 25.2 Å². The van der Waals surface area contributed by atoms with Gasteiger partial charge in [-0.15, -0.1) is 0 Å². The number of esters is 1. The maximum atomic E-state index is 12.8. The van der Waals surface area contributed by atoms with E-state index in [4.69, 9.17) is 4.74 Å². The molecule has 3 rings (SSSR count). The molecule has 148 valence electrons. The third kappa shape index (κ3) is 5.10. The summed E-state index contributed by atoms with van der Waals surface area (Å²) in [4.78, 5) is 26.4. The summed E-state index contributed by atoms with van der Waals surface area (Å²) in [5, 5.41) is 2.43. The molecule has 2 aromatic carbocycles. The molecule has 1 N–H and O–H groups in total. The highest BCUT2D eigenvalue weighted by Gasteiger charge is 2.34. The van der Waals surface area contributed by atoms with Crippen LogP contribution in [-0.2, 0) is 27.0 Å². The van der Waals surface area contributed by atoms with Crippen LogP contribution in [0.15, 0.2) is 54.6 Å². The number of morpholine rings is 1. The zero-order valence-corrected chi connectivity index (χ0v) is 14.9. The minimum Gasteiger partial charge on any atom is -0.463 e. The number of benzene rings is 2. The zero-order valence-electron chi connectivity index (χ0n) is 14.9. The van der Waals surface area contributed by atoms with E-state index in [1.165, 1.54) is 12.1 Å². The van der Waals surface area contributed by atoms with Gasteiger partial charge in [0.15, 0.2) is 0 Å². The summed E-state index contributed by atoms with van der Waals surface area (Å²) in [6, 6.07) is 13.1. The van der Waals surface area contributed by atoms with E-state index >= 15 is 0 Å². The summed E-state index contributed by atoms with van der Waals surface area (Å²) < 4.78 is 43.5. The van der Waals surface area contributed by atoms with Gasteiger partial charge in [0.2, 0.25) is 5.91 Å². The molecule has 0 bridgehead atoms. The Hall–Kier alpha value is -2.87. The molecule has 1 atom stereocenters. The Labute approximate surface area is 160 Å². The number of halogens is 3. The zero-order chi connectivity index (χ0) is 20.1. The lowest BCUT2D eigenvalue weighted by Crippen LogP contribution is -2.49. The fraction of sp³-hybridized carbons (Fsp3) is 0.300. The lowest BCUT2D eigenvalue weighted by molar-refractivity contribution is -0.159. The van der Waals surface area contributed by atoms with Crippen molar-refractivity contribution in [1.29, 1.82) is 0 Å². The normalized spacial score (nSPS) is 17.8. The van der Waals surface area contributed by atoms with Crippen molar-refractivity contribution in [3.8, 4) is 0 Å². The summed E-state index contributed by atoms with van der Waals surface area (Å²) in [7, 11) is 0. The number of amides is 1. The summed E-state index contributed by atoms with van der Waals surface area (Å²) >= 11 is 0. The molecule has 1 fully saturated rings. The first-order valence-corrected chi connectivity index (χ1v) is 8.74. The predicted octanol–water partition coefficient (Wildman–Crippen LogP) is 3.46. The minimum absolute atomic E-state index is 0.0265. The molecule has 0 aliphatic carbocycles. The molecule has 2 aromatic rings. The Morgan fingerprint density at radius 3 is 2.61 bits per heavy atom. The number of anilines is 1. The SMILES string of the molecule is O=C(C[C@@H]1C(=O)OCCN1Cc1ccccc1)Nc1cccc(C(F)(F)F)c1. The van der Waals surface area contributed by atoms with Gasteiger partial charge in [0.25, 0.3) is 0 Å². The number of carbonyl (C=O) groups is 2. The minimum atomic E-state index is -4.50. The van der Waals surface area contributed by atoms with E-state index in [-0.39, 0.29) is 18.7 Å². The Morgan fingerprint density at radius 2 is 1.89 bits per heavy atom. The van der Waals surface area contributed by atoms with Crippen molar-refractivity contribution in [2.75, 3.05) is 18.5 Å². The van der Waals surface area contributed by atoms with Crippen LogP contribution in [0.25, 0.3) is 0 Å². The third-order valence-electron chi connectivity index (χ3n) is 4.42. The smallest absolute Gasteiger partial charge is 0.416 e. The van der Waals surface area contributed by atoms with Gasteiger partial charge in [-0.2, -0.15) is 13.2 Å². The number of nitrogens with zero attached hydrogens (tertiary/aromatic N) is 1. The van der Waals surface area contributed by atoms with Crippen LogP contribution in [0.5, 0.6) is 0 Å². The van der Waals surface area contributed by atoms with Crippen LogP contribution in [0.2, 0.25) is 0 Å². The second kappa shape index (κ2) is 8.43. The van der Waals surface area contributed by atoms with Gasteiger partial charge in [0.05, 0.1) is 12.0 Å². The van der Waals surface area contributed by atoms with Crippen LogP contribution >= 0.6 is 0 Å². The first-order valence-electron chi connectivity index (χ1n) is 8.74. The monoisotopic (exact) mass is 392 g/mol. The van der Waals surface area contributed by atoms with E-state index in [2.05, 4.69) is 5.32 Å². The Balaban J connectivity index is 1.67. The molecular formula is C20H19F3N2O3. The van der Waals surface area contributed by atoms with Gasteiger partial charge in [0, 0.05) is 18.8 Å². The highest BCUT2D eigenvalue weighted by atomic mass is 19.4. The van der Waals surface area contributed by atoms with Crippen LogP contribution < -0.4 is 5.32 Å². The van der Waals surface area contributed by atoms with Gasteiger partial charge in [-0.3, -0.25) is 14.5 Å². The number of alkyl halides is 3.